The largest absolute Gasteiger partial charge is 0.478 e. The minimum absolute atomic E-state index is 0.193. The summed E-state index contributed by atoms with van der Waals surface area (Å²) in [6.07, 6.45) is 1.37. The number of rotatable bonds is 2. The van der Waals surface area contributed by atoms with E-state index in [-0.39, 0.29) is 11.6 Å². The van der Waals surface area contributed by atoms with Crippen molar-refractivity contribution in [2.75, 3.05) is 0 Å². The van der Waals surface area contributed by atoms with Gasteiger partial charge in [0.05, 0.1) is 11.3 Å². The molecule has 0 aromatic carbocycles. The van der Waals surface area contributed by atoms with Crippen molar-refractivity contribution in [3.05, 3.63) is 23.5 Å². The molecule has 5 nitrogen and oxygen atoms in total. The van der Waals surface area contributed by atoms with Crippen LogP contribution in [0, 0.1) is 6.92 Å². The van der Waals surface area contributed by atoms with Crippen molar-refractivity contribution in [2.24, 2.45) is 0 Å². The van der Waals surface area contributed by atoms with Crippen LogP contribution < -0.4 is 0 Å². The molecule has 0 saturated heterocycles. The average molecular weight is 219 g/mol. The fourth-order valence-electron chi connectivity index (χ4n) is 1.65. The lowest BCUT2D eigenvalue weighted by Gasteiger charge is -2.05. The number of carboxylic acids is 1. The standard InChI is InChI=1S/C11H13N3O2/c1-6(2)14-10-9(7(3)13-14)4-8(5-12-10)11(15)16/h4-6H,1-3H3,(H,15,16). The van der Waals surface area contributed by atoms with E-state index in [0.717, 1.165) is 16.7 Å². The molecule has 0 radical (unpaired) electrons. The van der Waals surface area contributed by atoms with Crippen LogP contribution in [0.2, 0.25) is 0 Å². The first-order chi connectivity index (χ1) is 7.50. The molecule has 1 N–H and O–H groups in total. The zero-order chi connectivity index (χ0) is 11.9. The molecule has 5 heteroatoms. The number of hydrogen-bond donors (Lipinski definition) is 1. The van der Waals surface area contributed by atoms with Crippen LogP contribution >= 0.6 is 0 Å². The van der Waals surface area contributed by atoms with Crippen molar-refractivity contribution in [1.82, 2.24) is 14.8 Å². The summed E-state index contributed by atoms with van der Waals surface area (Å²) >= 11 is 0. The lowest BCUT2D eigenvalue weighted by molar-refractivity contribution is 0.0696. The molecule has 0 amide bonds. The van der Waals surface area contributed by atoms with Crippen LogP contribution in [-0.2, 0) is 0 Å². The van der Waals surface area contributed by atoms with Crippen molar-refractivity contribution < 1.29 is 9.90 Å². The second kappa shape index (κ2) is 3.59. The Morgan fingerprint density at radius 1 is 1.50 bits per heavy atom. The summed E-state index contributed by atoms with van der Waals surface area (Å²) in [5.41, 5.74) is 1.73. The number of aromatic carboxylic acids is 1. The zero-order valence-electron chi connectivity index (χ0n) is 9.43. The molecule has 2 aromatic heterocycles. The van der Waals surface area contributed by atoms with E-state index in [2.05, 4.69) is 10.1 Å². The molecule has 0 aliphatic rings. The molecule has 16 heavy (non-hydrogen) atoms. The highest BCUT2D eigenvalue weighted by Gasteiger charge is 2.13. The van der Waals surface area contributed by atoms with Gasteiger partial charge in [-0.05, 0) is 26.8 Å². The maximum atomic E-state index is 10.8. The summed E-state index contributed by atoms with van der Waals surface area (Å²) in [5, 5.41) is 14.0. The molecule has 0 unspecified atom stereocenters. The normalized spacial score (nSPS) is 11.2. The molecule has 2 aromatic rings. The monoisotopic (exact) mass is 219 g/mol. The SMILES string of the molecule is Cc1nn(C(C)C)c2ncc(C(=O)O)cc12. The molecule has 0 bridgehead atoms. The lowest BCUT2D eigenvalue weighted by Crippen LogP contribution is -2.04. The highest BCUT2D eigenvalue weighted by Crippen LogP contribution is 2.20. The Labute approximate surface area is 92.7 Å². The van der Waals surface area contributed by atoms with Gasteiger partial charge in [0, 0.05) is 17.6 Å². The molecular formula is C11H13N3O2. The van der Waals surface area contributed by atoms with E-state index in [1.54, 1.807) is 10.7 Å². The summed E-state index contributed by atoms with van der Waals surface area (Å²) in [5.74, 6) is -0.967. The van der Waals surface area contributed by atoms with Gasteiger partial charge < -0.3 is 5.11 Å². The Kier molecular flexibility index (Phi) is 2.38. The number of nitrogens with zero attached hydrogens (tertiary/aromatic N) is 3. The Morgan fingerprint density at radius 3 is 2.75 bits per heavy atom. The van der Waals surface area contributed by atoms with Gasteiger partial charge in [-0.1, -0.05) is 0 Å². The first kappa shape index (κ1) is 10.6. The minimum Gasteiger partial charge on any atom is -0.478 e. The third-order valence-corrected chi connectivity index (χ3v) is 2.47. The van der Waals surface area contributed by atoms with Crippen LogP contribution in [0.1, 0.15) is 35.9 Å². The van der Waals surface area contributed by atoms with Crippen LogP contribution in [-0.4, -0.2) is 25.8 Å². The number of pyridine rings is 1. The smallest absolute Gasteiger partial charge is 0.337 e. The van der Waals surface area contributed by atoms with Crippen molar-refractivity contribution in [1.29, 1.82) is 0 Å². The molecule has 2 heterocycles. The number of hydrogen-bond acceptors (Lipinski definition) is 3. The highest BCUT2D eigenvalue weighted by molar-refractivity contribution is 5.92. The Hall–Kier alpha value is -1.91. The molecule has 0 aliphatic heterocycles. The quantitative estimate of drug-likeness (QED) is 0.839. The van der Waals surface area contributed by atoms with E-state index in [1.165, 1.54) is 6.20 Å². The van der Waals surface area contributed by atoms with Crippen molar-refractivity contribution >= 4 is 17.0 Å². The molecule has 0 aliphatic carbocycles. The molecule has 0 atom stereocenters. The van der Waals surface area contributed by atoms with Gasteiger partial charge in [-0.15, -0.1) is 0 Å². The number of fused-ring (bicyclic) bond motifs is 1. The van der Waals surface area contributed by atoms with Crippen LogP contribution in [0.4, 0.5) is 0 Å². The average Bonchev–Trinajstić information content (AvgIpc) is 2.56. The number of carboxylic acid groups (broad SMARTS) is 1. The topological polar surface area (TPSA) is 68.0 Å². The van der Waals surface area contributed by atoms with Gasteiger partial charge in [0.1, 0.15) is 0 Å². The van der Waals surface area contributed by atoms with E-state index in [1.807, 2.05) is 20.8 Å². The predicted octanol–water partition coefficient (Wildman–Crippen LogP) is 2.02. The summed E-state index contributed by atoms with van der Waals surface area (Å²) in [6, 6.07) is 1.82. The van der Waals surface area contributed by atoms with Crippen LogP contribution in [0.5, 0.6) is 0 Å². The minimum atomic E-state index is -0.967. The van der Waals surface area contributed by atoms with Gasteiger partial charge in [0.25, 0.3) is 0 Å². The third-order valence-electron chi connectivity index (χ3n) is 2.47. The predicted molar refractivity (Wildman–Crippen MR) is 59.6 cm³/mol. The number of aryl methyl sites for hydroxylation is 1. The van der Waals surface area contributed by atoms with E-state index in [9.17, 15) is 4.79 Å². The van der Waals surface area contributed by atoms with Gasteiger partial charge in [0.2, 0.25) is 0 Å². The Morgan fingerprint density at radius 2 is 2.19 bits per heavy atom. The Bertz CT molecular complexity index is 558. The van der Waals surface area contributed by atoms with Crippen LogP contribution in [0.3, 0.4) is 0 Å². The molecule has 2 rings (SSSR count). The van der Waals surface area contributed by atoms with Gasteiger partial charge in [-0.3, -0.25) is 0 Å². The number of carbonyl (C=O) groups is 1. The van der Waals surface area contributed by atoms with Gasteiger partial charge >= 0.3 is 5.97 Å². The summed E-state index contributed by atoms with van der Waals surface area (Å²) < 4.78 is 1.80. The highest BCUT2D eigenvalue weighted by atomic mass is 16.4. The van der Waals surface area contributed by atoms with Crippen molar-refractivity contribution in [2.45, 2.75) is 26.8 Å². The Balaban J connectivity index is 2.71. The fraction of sp³-hybridized carbons (Fsp3) is 0.364. The molecular weight excluding hydrogens is 206 g/mol. The van der Waals surface area contributed by atoms with Gasteiger partial charge in [0.15, 0.2) is 5.65 Å². The summed E-state index contributed by atoms with van der Waals surface area (Å²) in [7, 11) is 0. The van der Waals surface area contributed by atoms with Gasteiger partial charge in [-0.2, -0.15) is 5.10 Å². The van der Waals surface area contributed by atoms with Crippen molar-refractivity contribution in [3.8, 4) is 0 Å². The van der Waals surface area contributed by atoms with Crippen LogP contribution in [0.25, 0.3) is 11.0 Å². The van der Waals surface area contributed by atoms with E-state index >= 15 is 0 Å². The zero-order valence-corrected chi connectivity index (χ0v) is 9.43. The lowest BCUT2D eigenvalue weighted by atomic mass is 10.2. The second-order valence-electron chi connectivity index (χ2n) is 4.02. The van der Waals surface area contributed by atoms with Gasteiger partial charge in [-0.25, -0.2) is 14.5 Å². The van der Waals surface area contributed by atoms with E-state index in [4.69, 9.17) is 5.11 Å². The second-order valence-corrected chi connectivity index (χ2v) is 4.02. The molecule has 84 valence electrons. The maximum Gasteiger partial charge on any atom is 0.337 e. The number of aromatic nitrogens is 3. The van der Waals surface area contributed by atoms with Crippen LogP contribution in [0.15, 0.2) is 12.3 Å². The first-order valence-electron chi connectivity index (χ1n) is 5.09. The molecule has 0 saturated carbocycles. The molecule has 0 spiro atoms. The van der Waals surface area contributed by atoms with E-state index < -0.39 is 5.97 Å². The van der Waals surface area contributed by atoms with E-state index in [0.29, 0.717) is 0 Å². The third kappa shape index (κ3) is 1.54. The van der Waals surface area contributed by atoms with Crippen molar-refractivity contribution in [3.63, 3.8) is 0 Å². The first-order valence-corrected chi connectivity index (χ1v) is 5.09. The molecule has 0 fully saturated rings. The maximum absolute atomic E-state index is 10.8. The summed E-state index contributed by atoms with van der Waals surface area (Å²) in [6.45, 7) is 5.88. The fourth-order valence-corrected chi connectivity index (χ4v) is 1.65. The summed E-state index contributed by atoms with van der Waals surface area (Å²) in [4.78, 5) is 15.0.